The van der Waals surface area contributed by atoms with E-state index in [-0.39, 0.29) is 17.4 Å². The molecular formula is C14H24N2O4S. The van der Waals surface area contributed by atoms with Crippen LogP contribution in [-0.2, 0) is 27.9 Å². The second-order valence-electron chi connectivity index (χ2n) is 5.49. The first-order valence-corrected chi connectivity index (χ1v) is 8.76. The molecule has 2 rings (SSSR count). The maximum atomic E-state index is 12.7. The van der Waals surface area contributed by atoms with Crippen LogP contribution in [0.3, 0.4) is 0 Å². The number of nitrogens with zero attached hydrogens (tertiary/aromatic N) is 2. The van der Waals surface area contributed by atoms with Crippen molar-refractivity contribution >= 4 is 10.0 Å². The van der Waals surface area contributed by atoms with Gasteiger partial charge in [-0.3, -0.25) is 0 Å². The predicted molar refractivity (Wildman–Crippen MR) is 79.4 cm³/mol. The molecule has 6 nitrogen and oxygen atoms in total. The first-order valence-electron chi connectivity index (χ1n) is 7.32. The fourth-order valence-corrected chi connectivity index (χ4v) is 4.38. The summed E-state index contributed by atoms with van der Waals surface area (Å²) in [6.45, 7) is 4.20. The Morgan fingerprint density at radius 1 is 1.48 bits per heavy atom. The van der Waals surface area contributed by atoms with Gasteiger partial charge >= 0.3 is 0 Å². The molecule has 1 aliphatic rings. The van der Waals surface area contributed by atoms with Gasteiger partial charge in [0.2, 0.25) is 10.0 Å². The van der Waals surface area contributed by atoms with Gasteiger partial charge in [-0.1, -0.05) is 6.92 Å². The van der Waals surface area contributed by atoms with Gasteiger partial charge in [0.1, 0.15) is 4.90 Å². The van der Waals surface area contributed by atoms with Crippen molar-refractivity contribution in [3.8, 4) is 0 Å². The van der Waals surface area contributed by atoms with Crippen LogP contribution in [0.5, 0.6) is 0 Å². The van der Waals surface area contributed by atoms with E-state index in [1.54, 1.807) is 19.4 Å². The number of aromatic nitrogens is 1. The summed E-state index contributed by atoms with van der Waals surface area (Å²) in [7, 11) is -1.84. The van der Waals surface area contributed by atoms with Crippen LogP contribution in [0, 0.1) is 5.92 Å². The van der Waals surface area contributed by atoms with E-state index in [1.807, 2.05) is 11.5 Å². The molecule has 1 fully saturated rings. The lowest BCUT2D eigenvalue weighted by Gasteiger charge is -2.15. The zero-order valence-corrected chi connectivity index (χ0v) is 13.5. The molecule has 0 spiro atoms. The van der Waals surface area contributed by atoms with Crippen molar-refractivity contribution in [1.29, 1.82) is 0 Å². The van der Waals surface area contributed by atoms with Gasteiger partial charge in [0.05, 0.1) is 13.2 Å². The number of hydrogen-bond donors (Lipinski definition) is 1. The molecular weight excluding hydrogens is 292 g/mol. The highest BCUT2D eigenvalue weighted by Gasteiger charge is 2.33. The van der Waals surface area contributed by atoms with E-state index < -0.39 is 10.0 Å². The summed E-state index contributed by atoms with van der Waals surface area (Å²) in [6, 6.07) is 1.58. The molecule has 120 valence electrons. The molecule has 0 aliphatic carbocycles. The first kappa shape index (κ1) is 16.5. The molecule has 1 aromatic rings. The van der Waals surface area contributed by atoms with Crippen molar-refractivity contribution in [2.24, 2.45) is 5.92 Å². The number of hydrogen-bond acceptors (Lipinski definition) is 4. The van der Waals surface area contributed by atoms with Crippen molar-refractivity contribution in [3.05, 3.63) is 18.0 Å². The Morgan fingerprint density at radius 2 is 2.24 bits per heavy atom. The smallest absolute Gasteiger partial charge is 0.244 e. The Labute approximate surface area is 126 Å². The average molecular weight is 316 g/mol. The van der Waals surface area contributed by atoms with Crippen molar-refractivity contribution in [2.75, 3.05) is 26.8 Å². The van der Waals surface area contributed by atoms with Crippen molar-refractivity contribution in [3.63, 3.8) is 0 Å². The molecule has 7 heteroatoms. The molecule has 0 radical (unpaired) electrons. The molecule has 2 heterocycles. The number of rotatable bonds is 7. The lowest BCUT2D eigenvalue weighted by atomic mass is 10.1. The highest BCUT2D eigenvalue weighted by atomic mass is 32.2. The molecule has 0 aromatic carbocycles. The second kappa shape index (κ2) is 6.91. The Balaban J connectivity index is 2.20. The Hall–Kier alpha value is -0.890. The minimum atomic E-state index is -3.47. The maximum absolute atomic E-state index is 12.7. The molecule has 1 atom stereocenters. The van der Waals surface area contributed by atoms with Gasteiger partial charge in [-0.15, -0.1) is 0 Å². The van der Waals surface area contributed by atoms with Crippen LogP contribution >= 0.6 is 0 Å². The first-order chi connectivity index (χ1) is 10.0. The highest BCUT2D eigenvalue weighted by molar-refractivity contribution is 7.89. The monoisotopic (exact) mass is 316 g/mol. The van der Waals surface area contributed by atoms with Gasteiger partial charge in [0, 0.05) is 38.6 Å². The molecule has 1 N–H and O–H groups in total. The van der Waals surface area contributed by atoms with Gasteiger partial charge in [-0.25, -0.2) is 8.42 Å². The van der Waals surface area contributed by atoms with Gasteiger partial charge in [-0.05, 0) is 24.8 Å². The summed E-state index contributed by atoms with van der Waals surface area (Å²) in [5.41, 5.74) is 0.642. The molecule has 1 aromatic heterocycles. The summed E-state index contributed by atoms with van der Waals surface area (Å²) in [6.07, 6.45) is 3.35. The summed E-state index contributed by atoms with van der Waals surface area (Å²) < 4.78 is 33.8. The quantitative estimate of drug-likeness (QED) is 0.816. The highest BCUT2D eigenvalue weighted by Crippen LogP contribution is 2.26. The number of methoxy groups -OCH3 is 1. The van der Waals surface area contributed by atoms with Gasteiger partial charge in [0.25, 0.3) is 0 Å². The van der Waals surface area contributed by atoms with E-state index in [0.717, 1.165) is 12.8 Å². The number of aliphatic hydroxyl groups excluding tert-OH is 1. The van der Waals surface area contributed by atoms with E-state index in [9.17, 15) is 13.5 Å². The molecule has 1 aliphatic heterocycles. The Kier molecular flexibility index (Phi) is 5.43. The molecule has 0 saturated carbocycles. The molecule has 1 saturated heterocycles. The lowest BCUT2D eigenvalue weighted by molar-refractivity contribution is 0.157. The summed E-state index contributed by atoms with van der Waals surface area (Å²) in [5, 5.41) is 9.36. The van der Waals surface area contributed by atoms with Crippen LogP contribution < -0.4 is 0 Å². The second-order valence-corrected chi connectivity index (χ2v) is 7.43. The summed E-state index contributed by atoms with van der Waals surface area (Å²) in [4.78, 5) is 0.276. The number of sulfonamides is 1. The minimum Gasteiger partial charge on any atom is -0.390 e. The Morgan fingerprint density at radius 3 is 2.86 bits per heavy atom. The largest absolute Gasteiger partial charge is 0.390 e. The van der Waals surface area contributed by atoms with Gasteiger partial charge < -0.3 is 14.4 Å². The normalized spacial score (nSPS) is 20.2. The molecule has 21 heavy (non-hydrogen) atoms. The van der Waals surface area contributed by atoms with E-state index in [2.05, 4.69) is 0 Å². The van der Waals surface area contributed by atoms with Gasteiger partial charge in [0.15, 0.2) is 0 Å². The van der Waals surface area contributed by atoms with Crippen LogP contribution in [0.25, 0.3) is 0 Å². The number of aliphatic hydroxyl groups is 1. The van der Waals surface area contributed by atoms with Gasteiger partial charge in [-0.2, -0.15) is 4.31 Å². The fraction of sp³-hybridized carbons (Fsp3) is 0.714. The van der Waals surface area contributed by atoms with Crippen LogP contribution in [0.4, 0.5) is 0 Å². The van der Waals surface area contributed by atoms with Crippen molar-refractivity contribution in [2.45, 2.75) is 37.8 Å². The standard InChI is InChI=1S/C14H24N2O4S/c1-3-5-15-9-14(7-13(15)10-17)21(18,19)16-6-4-12(8-16)11-20-2/h7,9,12,17H,3-6,8,10-11H2,1-2H3. The molecule has 0 amide bonds. The van der Waals surface area contributed by atoms with E-state index in [1.165, 1.54) is 4.31 Å². The zero-order valence-electron chi connectivity index (χ0n) is 12.7. The SMILES string of the molecule is CCCn1cc(S(=O)(=O)N2CCC(COC)C2)cc1CO. The molecule has 1 unspecified atom stereocenters. The third kappa shape index (κ3) is 3.48. The van der Waals surface area contributed by atoms with E-state index >= 15 is 0 Å². The predicted octanol–water partition coefficient (Wildman–Crippen LogP) is 1.05. The Bertz CT molecular complexity index is 568. The summed E-state index contributed by atoms with van der Waals surface area (Å²) in [5.74, 6) is 0.264. The number of aryl methyl sites for hydroxylation is 1. The molecule has 0 bridgehead atoms. The van der Waals surface area contributed by atoms with E-state index in [0.29, 0.717) is 31.9 Å². The van der Waals surface area contributed by atoms with E-state index in [4.69, 9.17) is 4.74 Å². The van der Waals surface area contributed by atoms with Crippen LogP contribution in [-0.4, -0.2) is 49.2 Å². The van der Waals surface area contributed by atoms with Crippen LogP contribution in [0.2, 0.25) is 0 Å². The minimum absolute atomic E-state index is 0.151. The van der Waals surface area contributed by atoms with Crippen molar-refractivity contribution in [1.82, 2.24) is 8.87 Å². The van der Waals surface area contributed by atoms with Crippen molar-refractivity contribution < 1.29 is 18.3 Å². The van der Waals surface area contributed by atoms with Crippen LogP contribution in [0.15, 0.2) is 17.2 Å². The third-order valence-electron chi connectivity index (χ3n) is 3.88. The number of ether oxygens (including phenoxy) is 1. The maximum Gasteiger partial charge on any atom is 0.244 e. The zero-order chi connectivity index (χ0) is 15.5. The van der Waals surface area contributed by atoms with Crippen LogP contribution in [0.1, 0.15) is 25.5 Å². The fourth-order valence-electron chi connectivity index (χ4n) is 2.78. The average Bonchev–Trinajstić information content (AvgIpc) is 3.07. The topological polar surface area (TPSA) is 71.8 Å². The lowest BCUT2D eigenvalue weighted by Crippen LogP contribution is -2.29. The summed E-state index contributed by atoms with van der Waals surface area (Å²) >= 11 is 0. The third-order valence-corrected chi connectivity index (χ3v) is 5.71.